The van der Waals surface area contributed by atoms with Gasteiger partial charge in [-0.15, -0.1) is 0 Å². The van der Waals surface area contributed by atoms with Gasteiger partial charge in [0.25, 0.3) is 5.91 Å². The van der Waals surface area contributed by atoms with Gasteiger partial charge in [-0.1, -0.05) is 18.6 Å². The highest BCUT2D eigenvalue weighted by atomic mass is 16.7. The van der Waals surface area contributed by atoms with Gasteiger partial charge in [-0.05, 0) is 82.3 Å². The summed E-state index contributed by atoms with van der Waals surface area (Å²) in [7, 11) is 1.36. The van der Waals surface area contributed by atoms with Gasteiger partial charge < -0.3 is 29.1 Å². The van der Waals surface area contributed by atoms with Crippen molar-refractivity contribution in [2.45, 2.75) is 70.1 Å². The first kappa shape index (κ1) is 27.6. The lowest BCUT2D eigenvalue weighted by Crippen LogP contribution is -2.49. The fraction of sp³-hybridized carbons (Fsp3) is 0.655. The number of esters is 1. The number of likely N-dealkylation sites (tertiary alicyclic amines) is 2. The van der Waals surface area contributed by atoms with Crippen LogP contribution in [0.5, 0.6) is 0 Å². The summed E-state index contributed by atoms with van der Waals surface area (Å²) in [5.74, 6) is -0.358. The Labute approximate surface area is 220 Å². The predicted molar refractivity (Wildman–Crippen MR) is 140 cm³/mol. The summed E-state index contributed by atoms with van der Waals surface area (Å²) >= 11 is 0. The van der Waals surface area contributed by atoms with Gasteiger partial charge in [0.1, 0.15) is 0 Å². The standard InChI is InChI=1S/C29H42N2O6/c1-3-36-29-24(8-7-19-32)25(21-9-11-22(12-10-21)28(34)35-2)20-26(37-29)27(33)31-17-13-23(14-18-31)30-15-5-4-6-16-30/h9-12,20,23-25,29,32H,3-8,13-19H2,1-2H3/t24-,25+,29+/m0/s1. The monoisotopic (exact) mass is 514 g/mol. The fourth-order valence-corrected chi connectivity index (χ4v) is 5.97. The first-order chi connectivity index (χ1) is 18.0. The number of carbonyl (C=O) groups excluding carboxylic acids is 2. The minimum Gasteiger partial charge on any atom is -0.465 e. The Balaban J connectivity index is 1.53. The van der Waals surface area contributed by atoms with E-state index in [9.17, 15) is 14.7 Å². The van der Waals surface area contributed by atoms with Gasteiger partial charge in [0, 0.05) is 44.2 Å². The van der Waals surface area contributed by atoms with Crippen LogP contribution in [0.25, 0.3) is 0 Å². The number of amides is 1. The Morgan fingerprint density at radius 3 is 2.38 bits per heavy atom. The molecule has 204 valence electrons. The van der Waals surface area contributed by atoms with Crippen molar-refractivity contribution in [2.24, 2.45) is 5.92 Å². The molecule has 0 spiro atoms. The number of aliphatic hydroxyl groups excluding tert-OH is 1. The highest BCUT2D eigenvalue weighted by Crippen LogP contribution is 2.40. The third kappa shape index (κ3) is 6.72. The lowest BCUT2D eigenvalue weighted by atomic mass is 9.80. The lowest BCUT2D eigenvalue weighted by molar-refractivity contribution is -0.171. The lowest BCUT2D eigenvalue weighted by Gasteiger charge is -2.41. The SMILES string of the molecule is CCO[C@@H]1OC(C(=O)N2CCC(N3CCCCC3)CC2)=C[C@H](c2ccc(C(=O)OC)cc2)[C@@H]1CCCO. The minimum atomic E-state index is -0.586. The normalized spacial score (nSPS) is 25.3. The molecule has 0 bridgehead atoms. The maximum absolute atomic E-state index is 13.6. The number of carbonyl (C=O) groups is 2. The molecule has 37 heavy (non-hydrogen) atoms. The average molecular weight is 515 g/mol. The maximum Gasteiger partial charge on any atom is 0.337 e. The van der Waals surface area contributed by atoms with Crippen LogP contribution in [0.1, 0.15) is 73.7 Å². The zero-order chi connectivity index (χ0) is 26.2. The van der Waals surface area contributed by atoms with Crippen molar-refractivity contribution >= 4 is 11.9 Å². The van der Waals surface area contributed by atoms with Gasteiger partial charge in [0.2, 0.25) is 6.29 Å². The summed E-state index contributed by atoms with van der Waals surface area (Å²) in [6.07, 6.45) is 8.49. The molecule has 3 aliphatic rings. The third-order valence-electron chi connectivity index (χ3n) is 8.00. The van der Waals surface area contributed by atoms with Gasteiger partial charge in [-0.3, -0.25) is 4.79 Å². The maximum atomic E-state index is 13.6. The van der Waals surface area contributed by atoms with Crippen LogP contribution in [0.3, 0.4) is 0 Å². The average Bonchev–Trinajstić information content (AvgIpc) is 2.96. The van der Waals surface area contributed by atoms with E-state index in [1.54, 1.807) is 12.1 Å². The summed E-state index contributed by atoms with van der Waals surface area (Å²) < 4.78 is 17.0. The molecule has 2 saturated heterocycles. The highest BCUT2D eigenvalue weighted by Gasteiger charge is 2.39. The van der Waals surface area contributed by atoms with Crippen molar-refractivity contribution in [3.63, 3.8) is 0 Å². The molecule has 3 atom stereocenters. The molecular weight excluding hydrogens is 472 g/mol. The molecule has 1 amide bonds. The number of allylic oxidation sites excluding steroid dienone is 1. The molecule has 1 N–H and O–H groups in total. The smallest absolute Gasteiger partial charge is 0.337 e. The van der Waals surface area contributed by atoms with E-state index in [2.05, 4.69) is 4.90 Å². The Hall–Kier alpha value is -2.42. The van der Waals surface area contributed by atoms with E-state index in [-0.39, 0.29) is 30.3 Å². The third-order valence-corrected chi connectivity index (χ3v) is 8.00. The number of piperidine rings is 2. The number of aliphatic hydroxyl groups is 1. The van der Waals surface area contributed by atoms with Gasteiger partial charge in [-0.2, -0.15) is 0 Å². The molecule has 0 radical (unpaired) electrons. The minimum absolute atomic E-state index is 0.0718. The van der Waals surface area contributed by atoms with Crippen molar-refractivity contribution in [3.05, 3.63) is 47.2 Å². The van der Waals surface area contributed by atoms with E-state index >= 15 is 0 Å². The molecule has 0 saturated carbocycles. The molecule has 8 nitrogen and oxygen atoms in total. The molecule has 8 heteroatoms. The van der Waals surface area contributed by atoms with Crippen LogP contribution in [0, 0.1) is 5.92 Å². The molecule has 3 aliphatic heterocycles. The second kappa shape index (κ2) is 13.4. The molecule has 0 unspecified atom stereocenters. The zero-order valence-electron chi connectivity index (χ0n) is 22.3. The Kier molecular flexibility index (Phi) is 10.00. The molecule has 4 rings (SSSR count). The first-order valence-corrected chi connectivity index (χ1v) is 13.9. The van der Waals surface area contributed by atoms with Crippen LogP contribution in [0.15, 0.2) is 36.1 Å². The quantitative estimate of drug-likeness (QED) is 0.503. The molecule has 0 aliphatic carbocycles. The van der Waals surface area contributed by atoms with E-state index in [4.69, 9.17) is 14.2 Å². The van der Waals surface area contributed by atoms with Crippen LogP contribution in [0.2, 0.25) is 0 Å². The summed E-state index contributed by atoms with van der Waals surface area (Å²) in [6.45, 7) is 6.25. The van der Waals surface area contributed by atoms with Crippen LogP contribution in [-0.4, -0.2) is 85.6 Å². The molecule has 2 fully saturated rings. The summed E-state index contributed by atoms with van der Waals surface area (Å²) in [6, 6.07) is 7.86. The summed E-state index contributed by atoms with van der Waals surface area (Å²) in [4.78, 5) is 30.1. The van der Waals surface area contributed by atoms with E-state index < -0.39 is 6.29 Å². The van der Waals surface area contributed by atoms with E-state index in [1.165, 1.54) is 39.5 Å². The number of nitrogens with zero attached hydrogens (tertiary/aromatic N) is 2. The number of hydrogen-bond donors (Lipinski definition) is 1. The Bertz CT molecular complexity index is 919. The van der Waals surface area contributed by atoms with Gasteiger partial charge >= 0.3 is 5.97 Å². The number of methoxy groups -OCH3 is 1. The molecular formula is C29H42N2O6. The Morgan fingerprint density at radius 1 is 1.05 bits per heavy atom. The van der Waals surface area contributed by atoms with Crippen LogP contribution < -0.4 is 0 Å². The van der Waals surface area contributed by atoms with E-state index in [0.717, 1.165) is 31.5 Å². The predicted octanol–water partition coefficient (Wildman–Crippen LogP) is 3.70. The number of ether oxygens (including phenoxy) is 3. The van der Waals surface area contributed by atoms with Crippen molar-refractivity contribution in [1.82, 2.24) is 9.80 Å². The van der Waals surface area contributed by atoms with Gasteiger partial charge in [-0.25, -0.2) is 4.79 Å². The van der Waals surface area contributed by atoms with Gasteiger partial charge in [0.05, 0.1) is 12.7 Å². The number of hydrogen-bond acceptors (Lipinski definition) is 7. The van der Waals surface area contributed by atoms with Crippen molar-refractivity contribution in [2.75, 3.05) is 46.5 Å². The van der Waals surface area contributed by atoms with Crippen LogP contribution in [0.4, 0.5) is 0 Å². The largest absolute Gasteiger partial charge is 0.465 e. The van der Waals surface area contributed by atoms with Crippen molar-refractivity contribution < 1.29 is 28.9 Å². The number of benzene rings is 1. The summed E-state index contributed by atoms with van der Waals surface area (Å²) in [5.41, 5.74) is 1.45. The van der Waals surface area contributed by atoms with Gasteiger partial charge in [0.15, 0.2) is 5.76 Å². The topological polar surface area (TPSA) is 88.5 Å². The Morgan fingerprint density at radius 2 is 1.76 bits per heavy atom. The summed E-state index contributed by atoms with van der Waals surface area (Å²) in [5, 5.41) is 9.51. The van der Waals surface area contributed by atoms with Crippen LogP contribution >= 0.6 is 0 Å². The molecule has 1 aromatic carbocycles. The fourth-order valence-electron chi connectivity index (χ4n) is 5.97. The van der Waals surface area contributed by atoms with E-state index in [1.807, 2.05) is 30.0 Å². The number of rotatable bonds is 9. The second-order valence-corrected chi connectivity index (χ2v) is 10.3. The highest BCUT2D eigenvalue weighted by molar-refractivity contribution is 5.92. The zero-order valence-corrected chi connectivity index (χ0v) is 22.3. The van der Waals surface area contributed by atoms with Crippen molar-refractivity contribution in [1.29, 1.82) is 0 Å². The molecule has 3 heterocycles. The molecule has 1 aromatic rings. The second-order valence-electron chi connectivity index (χ2n) is 10.3. The van der Waals surface area contributed by atoms with E-state index in [0.29, 0.717) is 36.8 Å². The molecule has 0 aromatic heterocycles. The first-order valence-electron chi connectivity index (χ1n) is 13.9. The van der Waals surface area contributed by atoms with Crippen molar-refractivity contribution in [3.8, 4) is 0 Å². The van der Waals surface area contributed by atoms with Crippen LogP contribution in [-0.2, 0) is 19.0 Å².